The Balaban J connectivity index is 1.85. The summed E-state index contributed by atoms with van der Waals surface area (Å²) < 4.78 is 47.0. The Morgan fingerprint density at radius 2 is 1.68 bits per heavy atom. The zero-order chi connectivity index (χ0) is 20.1. The predicted molar refractivity (Wildman–Crippen MR) is 105 cm³/mol. The van der Waals surface area contributed by atoms with E-state index in [1.165, 1.54) is 25.3 Å². The Morgan fingerprint density at radius 1 is 1.04 bits per heavy atom. The number of sulfonamides is 1. The van der Waals surface area contributed by atoms with Crippen LogP contribution in [0.2, 0.25) is 0 Å². The minimum absolute atomic E-state index is 0.165. The van der Waals surface area contributed by atoms with Gasteiger partial charge >= 0.3 is 0 Å². The highest BCUT2D eigenvalue weighted by atomic mass is 32.2. The first-order valence-electron chi connectivity index (χ1n) is 9.16. The van der Waals surface area contributed by atoms with Crippen LogP contribution in [0.5, 0.6) is 5.75 Å². The highest BCUT2D eigenvalue weighted by Crippen LogP contribution is 2.23. The number of halogens is 1. The number of hydrogen-bond donors (Lipinski definition) is 1. The highest BCUT2D eigenvalue weighted by molar-refractivity contribution is 7.92. The molecule has 0 spiro atoms. The quantitative estimate of drug-likeness (QED) is 0.822. The molecule has 0 saturated carbocycles. The van der Waals surface area contributed by atoms with Crippen LogP contribution < -0.4 is 9.46 Å². The maximum atomic E-state index is 14.3. The molecule has 0 aliphatic carbocycles. The SMILES string of the molecule is COc1ccc(NS(=O)(=O)c2cc(C(=O)N3CCCCCC3)ccc2F)cc1. The Morgan fingerprint density at radius 3 is 2.29 bits per heavy atom. The molecule has 1 aliphatic heterocycles. The van der Waals surface area contributed by atoms with Crippen LogP contribution in [0, 0.1) is 5.82 Å². The lowest BCUT2D eigenvalue weighted by atomic mass is 10.2. The van der Waals surface area contributed by atoms with E-state index in [0.717, 1.165) is 37.8 Å². The summed E-state index contributed by atoms with van der Waals surface area (Å²) in [7, 11) is -2.69. The number of carbonyl (C=O) groups excluding carboxylic acids is 1. The van der Waals surface area contributed by atoms with Crippen LogP contribution in [-0.4, -0.2) is 39.4 Å². The van der Waals surface area contributed by atoms with Crippen LogP contribution in [0.3, 0.4) is 0 Å². The van der Waals surface area contributed by atoms with Crippen LogP contribution in [0.15, 0.2) is 47.4 Å². The Kier molecular flexibility index (Phi) is 6.18. The molecule has 1 saturated heterocycles. The van der Waals surface area contributed by atoms with Crippen LogP contribution in [-0.2, 0) is 10.0 Å². The second kappa shape index (κ2) is 8.60. The Hall–Kier alpha value is -2.61. The van der Waals surface area contributed by atoms with Crippen molar-refractivity contribution >= 4 is 21.6 Å². The molecule has 0 radical (unpaired) electrons. The van der Waals surface area contributed by atoms with Gasteiger partial charge in [-0.05, 0) is 55.3 Å². The molecule has 2 aromatic rings. The molecule has 28 heavy (non-hydrogen) atoms. The lowest BCUT2D eigenvalue weighted by molar-refractivity contribution is 0.0761. The maximum Gasteiger partial charge on any atom is 0.264 e. The van der Waals surface area contributed by atoms with E-state index in [4.69, 9.17) is 4.74 Å². The largest absolute Gasteiger partial charge is 0.497 e. The molecule has 8 heteroatoms. The van der Waals surface area contributed by atoms with Crippen molar-refractivity contribution in [2.75, 3.05) is 24.9 Å². The fourth-order valence-corrected chi connectivity index (χ4v) is 4.33. The van der Waals surface area contributed by atoms with E-state index in [0.29, 0.717) is 18.8 Å². The molecule has 1 N–H and O–H groups in total. The molecule has 0 aromatic heterocycles. The fraction of sp³-hybridized carbons (Fsp3) is 0.350. The molecule has 3 rings (SSSR count). The van der Waals surface area contributed by atoms with Crippen molar-refractivity contribution in [3.63, 3.8) is 0 Å². The van der Waals surface area contributed by atoms with E-state index >= 15 is 0 Å². The number of methoxy groups -OCH3 is 1. The number of benzene rings is 2. The molecule has 0 unspecified atom stereocenters. The van der Waals surface area contributed by atoms with Crippen LogP contribution in [0.4, 0.5) is 10.1 Å². The second-order valence-corrected chi connectivity index (χ2v) is 8.34. The highest BCUT2D eigenvalue weighted by Gasteiger charge is 2.24. The Bertz CT molecular complexity index is 937. The topological polar surface area (TPSA) is 75.7 Å². The molecule has 0 atom stereocenters. The van der Waals surface area contributed by atoms with Crippen LogP contribution in [0.25, 0.3) is 0 Å². The first-order valence-corrected chi connectivity index (χ1v) is 10.6. The van der Waals surface area contributed by atoms with Gasteiger partial charge < -0.3 is 9.64 Å². The number of hydrogen-bond acceptors (Lipinski definition) is 4. The average Bonchev–Trinajstić information content (AvgIpc) is 2.97. The van der Waals surface area contributed by atoms with E-state index in [-0.39, 0.29) is 17.2 Å². The number of nitrogens with zero attached hydrogens (tertiary/aromatic N) is 1. The number of anilines is 1. The summed E-state index contributed by atoms with van der Waals surface area (Å²) in [6.07, 6.45) is 3.96. The van der Waals surface area contributed by atoms with Crippen molar-refractivity contribution in [3.05, 3.63) is 53.8 Å². The summed E-state index contributed by atoms with van der Waals surface area (Å²) in [5, 5.41) is 0. The van der Waals surface area contributed by atoms with Gasteiger partial charge in [-0.1, -0.05) is 12.8 Å². The number of rotatable bonds is 5. The summed E-state index contributed by atoms with van der Waals surface area (Å²) in [4.78, 5) is 13.9. The van der Waals surface area contributed by atoms with Crippen LogP contribution >= 0.6 is 0 Å². The standard InChI is InChI=1S/C20H23FN2O4S/c1-27-17-9-7-16(8-10-17)22-28(25,26)19-14-15(6-11-18(19)21)20(24)23-12-4-2-3-5-13-23/h6-11,14,22H,2-5,12-13H2,1H3. The van der Waals surface area contributed by atoms with E-state index < -0.39 is 20.7 Å². The maximum absolute atomic E-state index is 14.3. The first-order chi connectivity index (χ1) is 13.4. The monoisotopic (exact) mass is 406 g/mol. The zero-order valence-corrected chi connectivity index (χ0v) is 16.5. The van der Waals surface area contributed by atoms with Crippen LogP contribution in [0.1, 0.15) is 36.0 Å². The third kappa shape index (κ3) is 4.62. The molecular formula is C20H23FN2O4S. The van der Waals surface area contributed by atoms with Crippen molar-refractivity contribution in [1.82, 2.24) is 4.90 Å². The fourth-order valence-electron chi connectivity index (χ4n) is 3.17. The minimum Gasteiger partial charge on any atom is -0.497 e. The second-order valence-electron chi connectivity index (χ2n) is 6.69. The molecule has 2 aromatic carbocycles. The van der Waals surface area contributed by atoms with E-state index in [2.05, 4.69) is 4.72 Å². The summed E-state index contributed by atoms with van der Waals surface area (Å²) in [6.45, 7) is 1.25. The van der Waals surface area contributed by atoms with E-state index in [1.807, 2.05) is 0 Å². The van der Waals surface area contributed by atoms with Gasteiger partial charge in [0.1, 0.15) is 16.5 Å². The molecule has 1 aliphatic rings. The van der Waals surface area contributed by atoms with Crippen molar-refractivity contribution in [2.24, 2.45) is 0 Å². The first kappa shape index (κ1) is 20.1. The minimum atomic E-state index is -4.19. The number of likely N-dealkylation sites (tertiary alicyclic amines) is 1. The average molecular weight is 406 g/mol. The number of ether oxygens (including phenoxy) is 1. The van der Waals surface area contributed by atoms with Gasteiger partial charge in [0.15, 0.2) is 0 Å². The molecular weight excluding hydrogens is 383 g/mol. The normalized spacial score (nSPS) is 15.0. The lowest BCUT2D eigenvalue weighted by Gasteiger charge is -2.20. The summed E-state index contributed by atoms with van der Waals surface area (Å²) in [6, 6.07) is 9.67. The third-order valence-electron chi connectivity index (χ3n) is 4.70. The van der Waals surface area contributed by atoms with E-state index in [9.17, 15) is 17.6 Å². The zero-order valence-electron chi connectivity index (χ0n) is 15.7. The molecule has 1 fully saturated rings. The van der Waals surface area contributed by atoms with Gasteiger partial charge in [0, 0.05) is 24.3 Å². The molecule has 1 heterocycles. The molecule has 6 nitrogen and oxygen atoms in total. The number of amides is 1. The number of carbonyl (C=O) groups is 1. The van der Waals surface area contributed by atoms with Gasteiger partial charge in [-0.2, -0.15) is 0 Å². The van der Waals surface area contributed by atoms with E-state index in [1.54, 1.807) is 17.0 Å². The molecule has 0 bridgehead atoms. The molecule has 150 valence electrons. The van der Waals surface area contributed by atoms with Gasteiger partial charge in [0.05, 0.1) is 7.11 Å². The van der Waals surface area contributed by atoms with Crippen molar-refractivity contribution in [1.29, 1.82) is 0 Å². The van der Waals surface area contributed by atoms with Crippen molar-refractivity contribution in [2.45, 2.75) is 30.6 Å². The van der Waals surface area contributed by atoms with Gasteiger partial charge in [-0.15, -0.1) is 0 Å². The van der Waals surface area contributed by atoms with Gasteiger partial charge in [-0.3, -0.25) is 9.52 Å². The number of nitrogens with one attached hydrogen (secondary N) is 1. The van der Waals surface area contributed by atoms with Crippen molar-refractivity contribution in [3.8, 4) is 5.75 Å². The third-order valence-corrected chi connectivity index (χ3v) is 6.10. The predicted octanol–water partition coefficient (Wildman–Crippen LogP) is 3.65. The Labute approximate surface area is 164 Å². The summed E-state index contributed by atoms with van der Waals surface area (Å²) in [5.74, 6) is -0.615. The molecule has 1 amide bonds. The van der Waals surface area contributed by atoms with Gasteiger partial charge in [0.25, 0.3) is 15.9 Å². The summed E-state index contributed by atoms with van der Waals surface area (Å²) >= 11 is 0. The summed E-state index contributed by atoms with van der Waals surface area (Å²) in [5.41, 5.74) is 0.433. The lowest BCUT2D eigenvalue weighted by Crippen LogP contribution is -2.32. The van der Waals surface area contributed by atoms with Gasteiger partial charge in [-0.25, -0.2) is 12.8 Å². The van der Waals surface area contributed by atoms with Gasteiger partial charge in [0.2, 0.25) is 0 Å². The smallest absolute Gasteiger partial charge is 0.264 e. The van der Waals surface area contributed by atoms with Crippen molar-refractivity contribution < 1.29 is 22.3 Å².